The molecule has 0 aliphatic carbocycles. The third-order valence-corrected chi connectivity index (χ3v) is 6.69. The summed E-state index contributed by atoms with van der Waals surface area (Å²) in [4.78, 5) is 0. The van der Waals surface area contributed by atoms with E-state index in [1.54, 1.807) is 0 Å². The predicted molar refractivity (Wildman–Crippen MR) is 76.5 cm³/mol. The molecule has 0 aromatic rings. The Labute approximate surface area is 120 Å². The number of nitrogens with one attached hydrogen (secondary N) is 1. The third kappa shape index (κ3) is 4.78. The van der Waals surface area contributed by atoms with Gasteiger partial charge in [-0.05, 0) is 19.3 Å². The standard InChI is InChI=1S/C10H19Br2NO3S/c1-2-10(7-11,8-12)13-17(14,15)6-9-4-3-5-16-9/h9,13H,2-8H2,1H3. The second-order valence-corrected chi connectivity index (χ2v) is 7.31. The van der Waals surface area contributed by atoms with Crippen LogP contribution in [0.2, 0.25) is 0 Å². The van der Waals surface area contributed by atoms with Crippen molar-refractivity contribution >= 4 is 41.9 Å². The van der Waals surface area contributed by atoms with Crippen molar-refractivity contribution in [1.82, 2.24) is 4.72 Å². The molecular weight excluding hydrogens is 374 g/mol. The van der Waals surface area contributed by atoms with Crippen LogP contribution in [0.4, 0.5) is 0 Å². The third-order valence-electron chi connectivity index (χ3n) is 2.99. The van der Waals surface area contributed by atoms with E-state index in [4.69, 9.17) is 4.74 Å². The lowest BCUT2D eigenvalue weighted by atomic mass is 10.0. The van der Waals surface area contributed by atoms with Gasteiger partial charge >= 0.3 is 0 Å². The van der Waals surface area contributed by atoms with Gasteiger partial charge in [-0.25, -0.2) is 13.1 Å². The molecule has 1 unspecified atom stereocenters. The second kappa shape index (κ2) is 6.84. The minimum Gasteiger partial charge on any atom is -0.377 e. The maximum Gasteiger partial charge on any atom is 0.214 e. The average molecular weight is 393 g/mol. The molecule has 102 valence electrons. The Hall–Kier alpha value is 0.830. The molecule has 7 heteroatoms. The summed E-state index contributed by atoms with van der Waals surface area (Å²) >= 11 is 6.74. The Balaban J connectivity index is 2.63. The number of hydrogen-bond donors (Lipinski definition) is 1. The molecule has 0 bridgehead atoms. The van der Waals surface area contributed by atoms with Crippen molar-refractivity contribution in [1.29, 1.82) is 0 Å². The number of alkyl halides is 2. The Morgan fingerprint density at radius 3 is 2.47 bits per heavy atom. The van der Waals surface area contributed by atoms with Crippen molar-refractivity contribution in [3.05, 3.63) is 0 Å². The molecule has 1 aliphatic rings. The number of ether oxygens (including phenoxy) is 1. The maximum absolute atomic E-state index is 12.0. The lowest BCUT2D eigenvalue weighted by Gasteiger charge is -2.30. The number of halogens is 2. The van der Waals surface area contributed by atoms with E-state index < -0.39 is 15.6 Å². The molecule has 0 aromatic heterocycles. The Bertz CT molecular complexity index is 316. The summed E-state index contributed by atoms with van der Waals surface area (Å²) in [5.41, 5.74) is -0.447. The van der Waals surface area contributed by atoms with Crippen LogP contribution in [0.5, 0.6) is 0 Å². The first-order chi connectivity index (χ1) is 7.97. The lowest BCUT2D eigenvalue weighted by Crippen LogP contribution is -2.52. The molecule has 1 fully saturated rings. The molecular formula is C10H19Br2NO3S. The zero-order valence-corrected chi connectivity index (χ0v) is 13.9. The summed E-state index contributed by atoms with van der Waals surface area (Å²) in [6.07, 6.45) is 2.38. The van der Waals surface area contributed by atoms with Crippen molar-refractivity contribution in [3.8, 4) is 0 Å². The van der Waals surface area contributed by atoms with Gasteiger partial charge in [0.05, 0.1) is 17.4 Å². The van der Waals surface area contributed by atoms with Crippen LogP contribution in [0, 0.1) is 0 Å². The van der Waals surface area contributed by atoms with Crippen LogP contribution in [0.25, 0.3) is 0 Å². The lowest BCUT2D eigenvalue weighted by molar-refractivity contribution is 0.127. The Kier molecular flexibility index (Phi) is 6.39. The fraction of sp³-hybridized carbons (Fsp3) is 1.00. The first-order valence-corrected chi connectivity index (χ1v) is 9.61. The molecule has 1 atom stereocenters. The summed E-state index contributed by atoms with van der Waals surface area (Å²) in [5, 5.41) is 1.18. The summed E-state index contributed by atoms with van der Waals surface area (Å²) < 4.78 is 32.2. The Morgan fingerprint density at radius 2 is 2.06 bits per heavy atom. The molecule has 1 heterocycles. The minimum absolute atomic E-state index is 0.0642. The van der Waals surface area contributed by atoms with E-state index in [2.05, 4.69) is 36.6 Å². The first-order valence-electron chi connectivity index (χ1n) is 5.72. The number of sulfonamides is 1. The molecule has 4 nitrogen and oxygen atoms in total. The quantitative estimate of drug-likeness (QED) is 0.674. The van der Waals surface area contributed by atoms with Crippen LogP contribution >= 0.6 is 31.9 Å². The average Bonchev–Trinajstić information content (AvgIpc) is 2.78. The Morgan fingerprint density at radius 1 is 1.41 bits per heavy atom. The number of hydrogen-bond acceptors (Lipinski definition) is 3. The van der Waals surface area contributed by atoms with E-state index in [0.29, 0.717) is 17.3 Å². The highest BCUT2D eigenvalue weighted by atomic mass is 79.9. The van der Waals surface area contributed by atoms with E-state index in [1.807, 2.05) is 6.92 Å². The van der Waals surface area contributed by atoms with Crippen LogP contribution in [0.15, 0.2) is 0 Å². The largest absolute Gasteiger partial charge is 0.377 e. The topological polar surface area (TPSA) is 55.4 Å². The van der Waals surface area contributed by atoms with Gasteiger partial charge in [-0.2, -0.15) is 0 Å². The molecule has 1 saturated heterocycles. The van der Waals surface area contributed by atoms with Gasteiger partial charge in [-0.3, -0.25) is 0 Å². The van der Waals surface area contributed by atoms with Crippen molar-refractivity contribution in [2.45, 2.75) is 37.8 Å². The molecule has 0 saturated carbocycles. The molecule has 0 radical (unpaired) electrons. The monoisotopic (exact) mass is 391 g/mol. The van der Waals surface area contributed by atoms with Gasteiger partial charge in [0.25, 0.3) is 0 Å². The fourth-order valence-corrected chi connectivity index (χ4v) is 5.90. The van der Waals surface area contributed by atoms with Gasteiger partial charge in [0.2, 0.25) is 10.0 Å². The normalized spacial score (nSPS) is 21.9. The van der Waals surface area contributed by atoms with Crippen molar-refractivity contribution in [2.24, 2.45) is 0 Å². The smallest absolute Gasteiger partial charge is 0.214 e. The van der Waals surface area contributed by atoms with E-state index in [1.165, 1.54) is 0 Å². The van der Waals surface area contributed by atoms with Crippen molar-refractivity contribution in [2.75, 3.05) is 23.0 Å². The first kappa shape index (κ1) is 15.9. The fourth-order valence-electron chi connectivity index (χ4n) is 1.74. The van der Waals surface area contributed by atoms with Crippen LogP contribution in [-0.4, -0.2) is 43.1 Å². The highest BCUT2D eigenvalue weighted by molar-refractivity contribution is 9.09. The summed E-state index contributed by atoms with van der Waals surface area (Å²) in [6, 6.07) is 0. The molecule has 17 heavy (non-hydrogen) atoms. The summed E-state index contributed by atoms with van der Waals surface area (Å²) in [7, 11) is -3.29. The van der Waals surface area contributed by atoms with E-state index >= 15 is 0 Å². The maximum atomic E-state index is 12.0. The van der Waals surface area contributed by atoms with Crippen molar-refractivity contribution in [3.63, 3.8) is 0 Å². The second-order valence-electron chi connectivity index (χ2n) is 4.42. The van der Waals surface area contributed by atoms with E-state index in [9.17, 15) is 8.42 Å². The van der Waals surface area contributed by atoms with Gasteiger partial charge in [-0.1, -0.05) is 38.8 Å². The van der Waals surface area contributed by atoms with Gasteiger partial charge in [0.15, 0.2) is 0 Å². The summed E-state index contributed by atoms with van der Waals surface area (Å²) in [5.74, 6) is 0.0642. The number of rotatable bonds is 7. The van der Waals surface area contributed by atoms with Gasteiger partial charge in [-0.15, -0.1) is 0 Å². The molecule has 0 spiro atoms. The zero-order valence-electron chi connectivity index (χ0n) is 9.92. The summed E-state index contributed by atoms with van der Waals surface area (Å²) in [6.45, 7) is 2.65. The zero-order chi connectivity index (χ0) is 12.9. The highest BCUT2D eigenvalue weighted by Crippen LogP contribution is 2.20. The van der Waals surface area contributed by atoms with Gasteiger partial charge in [0.1, 0.15) is 0 Å². The van der Waals surface area contributed by atoms with Crippen molar-refractivity contribution < 1.29 is 13.2 Å². The van der Waals surface area contributed by atoms with Crippen LogP contribution < -0.4 is 4.72 Å². The van der Waals surface area contributed by atoms with Gasteiger partial charge in [0, 0.05) is 17.3 Å². The molecule has 0 amide bonds. The SMILES string of the molecule is CCC(CBr)(CBr)NS(=O)(=O)CC1CCCO1. The van der Waals surface area contributed by atoms with E-state index in [0.717, 1.165) is 19.3 Å². The molecule has 0 aromatic carbocycles. The van der Waals surface area contributed by atoms with Gasteiger partial charge < -0.3 is 4.74 Å². The minimum atomic E-state index is -3.29. The predicted octanol–water partition coefficient (Wildman–Crippen LogP) is 2.02. The highest BCUT2D eigenvalue weighted by Gasteiger charge is 2.33. The molecule has 1 rings (SSSR count). The van der Waals surface area contributed by atoms with Crippen LogP contribution in [-0.2, 0) is 14.8 Å². The van der Waals surface area contributed by atoms with E-state index in [-0.39, 0.29) is 11.9 Å². The molecule has 1 aliphatic heterocycles. The van der Waals surface area contributed by atoms with Crippen LogP contribution in [0.3, 0.4) is 0 Å². The molecule has 1 N–H and O–H groups in total. The van der Waals surface area contributed by atoms with Crippen LogP contribution in [0.1, 0.15) is 26.2 Å².